The predicted octanol–water partition coefficient (Wildman–Crippen LogP) is 0.977. The van der Waals surface area contributed by atoms with E-state index in [0.29, 0.717) is 25.3 Å². The van der Waals surface area contributed by atoms with Crippen molar-refractivity contribution in [2.24, 2.45) is 17.1 Å². The molecular formula is C12H24N2O3. The highest BCUT2D eigenvalue weighted by molar-refractivity contribution is 5.81. The molecule has 0 saturated heterocycles. The summed E-state index contributed by atoms with van der Waals surface area (Å²) < 4.78 is 0. The molecule has 5 nitrogen and oxygen atoms in total. The van der Waals surface area contributed by atoms with Gasteiger partial charge in [0.25, 0.3) is 0 Å². The highest BCUT2D eigenvalue weighted by Gasteiger charge is 2.26. The summed E-state index contributed by atoms with van der Waals surface area (Å²) in [7, 11) is 0. The number of carboxylic acid groups (broad SMARTS) is 1. The van der Waals surface area contributed by atoms with Crippen molar-refractivity contribution < 1.29 is 14.7 Å². The third-order valence-corrected chi connectivity index (χ3v) is 2.69. The van der Waals surface area contributed by atoms with E-state index in [9.17, 15) is 9.59 Å². The summed E-state index contributed by atoms with van der Waals surface area (Å²) in [6, 6.07) is -0.511. The topological polar surface area (TPSA) is 92.4 Å². The molecule has 0 saturated carbocycles. The normalized spacial score (nSPS) is 13.5. The summed E-state index contributed by atoms with van der Waals surface area (Å²) in [4.78, 5) is 22.4. The van der Waals surface area contributed by atoms with Crippen LogP contribution in [0.3, 0.4) is 0 Å². The van der Waals surface area contributed by atoms with Crippen molar-refractivity contribution in [2.75, 3.05) is 6.54 Å². The predicted molar refractivity (Wildman–Crippen MR) is 66.5 cm³/mol. The Hall–Kier alpha value is -1.10. The van der Waals surface area contributed by atoms with Crippen molar-refractivity contribution >= 4 is 11.9 Å². The fraction of sp³-hybridized carbons (Fsp3) is 0.833. The second-order valence-electron chi connectivity index (χ2n) is 5.47. The second-order valence-corrected chi connectivity index (χ2v) is 5.47. The molecule has 0 aromatic heterocycles. The van der Waals surface area contributed by atoms with Gasteiger partial charge >= 0.3 is 5.97 Å². The van der Waals surface area contributed by atoms with Crippen molar-refractivity contribution in [2.45, 2.75) is 46.6 Å². The van der Waals surface area contributed by atoms with Crippen molar-refractivity contribution in [1.29, 1.82) is 0 Å². The maximum absolute atomic E-state index is 11.6. The number of nitrogens with two attached hydrogens (primary N) is 1. The summed E-state index contributed by atoms with van der Waals surface area (Å²) >= 11 is 0. The van der Waals surface area contributed by atoms with Gasteiger partial charge < -0.3 is 16.2 Å². The van der Waals surface area contributed by atoms with E-state index in [0.717, 1.165) is 0 Å². The number of carboxylic acids is 1. The molecule has 5 heteroatoms. The third-order valence-electron chi connectivity index (χ3n) is 2.69. The summed E-state index contributed by atoms with van der Waals surface area (Å²) in [5.41, 5.74) is 4.88. The molecule has 1 unspecified atom stereocenters. The van der Waals surface area contributed by atoms with E-state index in [-0.39, 0.29) is 5.91 Å². The minimum absolute atomic E-state index is 0.208. The van der Waals surface area contributed by atoms with Gasteiger partial charge in [-0.2, -0.15) is 0 Å². The Kier molecular flexibility index (Phi) is 6.16. The third kappa shape index (κ3) is 6.26. The van der Waals surface area contributed by atoms with Crippen LogP contribution in [0.4, 0.5) is 0 Å². The smallest absolute Gasteiger partial charge is 0.309 e. The molecule has 0 radical (unpaired) electrons. The minimum Gasteiger partial charge on any atom is -0.481 e. The SMILES string of the molecule is CC(C)CC(N)C(=O)NCCC(C)(C)C(=O)O. The highest BCUT2D eigenvalue weighted by atomic mass is 16.4. The van der Waals surface area contributed by atoms with Crippen LogP contribution < -0.4 is 11.1 Å². The Bertz CT molecular complexity index is 275. The van der Waals surface area contributed by atoms with Gasteiger partial charge in [-0.25, -0.2) is 0 Å². The average Bonchev–Trinajstić information content (AvgIpc) is 2.15. The zero-order chi connectivity index (χ0) is 13.6. The lowest BCUT2D eigenvalue weighted by Gasteiger charge is -2.20. The van der Waals surface area contributed by atoms with E-state index in [1.165, 1.54) is 0 Å². The molecule has 0 bridgehead atoms. The van der Waals surface area contributed by atoms with E-state index < -0.39 is 17.4 Å². The number of carbonyl (C=O) groups is 2. The number of nitrogens with one attached hydrogen (secondary N) is 1. The summed E-state index contributed by atoms with van der Waals surface area (Å²) in [6.07, 6.45) is 1.02. The molecule has 0 aromatic rings. The Balaban J connectivity index is 3.97. The number of hydrogen-bond donors (Lipinski definition) is 3. The Labute approximate surface area is 103 Å². The van der Waals surface area contributed by atoms with Crippen LogP contribution in [-0.4, -0.2) is 29.6 Å². The second kappa shape index (κ2) is 6.59. The first-order valence-electron chi connectivity index (χ1n) is 5.93. The first-order chi connectivity index (χ1) is 7.66. The summed E-state index contributed by atoms with van der Waals surface area (Å²) in [5, 5.41) is 11.6. The van der Waals surface area contributed by atoms with Crippen LogP contribution in [-0.2, 0) is 9.59 Å². The van der Waals surface area contributed by atoms with Gasteiger partial charge in [-0.1, -0.05) is 13.8 Å². The largest absolute Gasteiger partial charge is 0.481 e. The molecular weight excluding hydrogens is 220 g/mol. The van der Waals surface area contributed by atoms with Crippen LogP contribution in [0.1, 0.15) is 40.5 Å². The zero-order valence-corrected chi connectivity index (χ0v) is 11.1. The molecule has 1 atom stereocenters. The molecule has 1 amide bonds. The first kappa shape index (κ1) is 15.9. The first-order valence-corrected chi connectivity index (χ1v) is 5.93. The monoisotopic (exact) mass is 244 g/mol. The molecule has 0 rings (SSSR count). The minimum atomic E-state index is -0.863. The number of rotatable bonds is 7. The van der Waals surface area contributed by atoms with Gasteiger partial charge in [0.15, 0.2) is 0 Å². The lowest BCUT2D eigenvalue weighted by atomic mass is 9.89. The maximum atomic E-state index is 11.6. The van der Waals surface area contributed by atoms with E-state index in [1.54, 1.807) is 13.8 Å². The van der Waals surface area contributed by atoms with Crippen LogP contribution in [0.25, 0.3) is 0 Å². The molecule has 0 aliphatic heterocycles. The van der Waals surface area contributed by atoms with Crippen molar-refractivity contribution in [3.63, 3.8) is 0 Å². The van der Waals surface area contributed by atoms with Crippen LogP contribution in [0.15, 0.2) is 0 Å². The maximum Gasteiger partial charge on any atom is 0.309 e. The quantitative estimate of drug-likeness (QED) is 0.622. The van der Waals surface area contributed by atoms with Gasteiger partial charge in [-0.3, -0.25) is 9.59 Å². The van der Waals surface area contributed by atoms with Gasteiger partial charge in [0.05, 0.1) is 11.5 Å². The lowest BCUT2D eigenvalue weighted by Crippen LogP contribution is -2.42. The van der Waals surface area contributed by atoms with Gasteiger partial charge in [-0.15, -0.1) is 0 Å². The van der Waals surface area contributed by atoms with Gasteiger partial charge in [-0.05, 0) is 32.6 Å². The molecule has 17 heavy (non-hydrogen) atoms. The molecule has 0 aromatic carbocycles. The highest BCUT2D eigenvalue weighted by Crippen LogP contribution is 2.19. The van der Waals surface area contributed by atoms with Crippen LogP contribution in [0, 0.1) is 11.3 Å². The van der Waals surface area contributed by atoms with Crippen molar-refractivity contribution in [1.82, 2.24) is 5.32 Å². The fourth-order valence-electron chi connectivity index (χ4n) is 1.35. The van der Waals surface area contributed by atoms with Crippen molar-refractivity contribution in [3.05, 3.63) is 0 Å². The standard InChI is InChI=1S/C12H24N2O3/c1-8(2)7-9(13)10(15)14-6-5-12(3,4)11(16)17/h8-9H,5-7,13H2,1-4H3,(H,14,15)(H,16,17). The summed E-state index contributed by atoms with van der Waals surface area (Å²) in [5.74, 6) is -0.704. The summed E-state index contributed by atoms with van der Waals surface area (Å²) in [6.45, 7) is 7.61. The number of amides is 1. The number of hydrogen-bond acceptors (Lipinski definition) is 3. The van der Waals surface area contributed by atoms with E-state index in [1.807, 2.05) is 13.8 Å². The van der Waals surface area contributed by atoms with E-state index in [2.05, 4.69) is 5.32 Å². The molecule has 0 aliphatic rings. The molecule has 0 aliphatic carbocycles. The van der Waals surface area contributed by atoms with Gasteiger partial charge in [0.2, 0.25) is 5.91 Å². The molecule has 100 valence electrons. The van der Waals surface area contributed by atoms with Gasteiger partial charge in [0.1, 0.15) is 0 Å². The zero-order valence-electron chi connectivity index (χ0n) is 11.1. The molecule has 0 heterocycles. The lowest BCUT2D eigenvalue weighted by molar-refractivity contribution is -0.147. The Morgan fingerprint density at radius 1 is 1.35 bits per heavy atom. The molecule has 0 fully saturated rings. The van der Waals surface area contributed by atoms with Crippen LogP contribution in [0.2, 0.25) is 0 Å². The molecule has 4 N–H and O–H groups in total. The van der Waals surface area contributed by atoms with Crippen LogP contribution in [0.5, 0.6) is 0 Å². The fourth-order valence-corrected chi connectivity index (χ4v) is 1.35. The Morgan fingerprint density at radius 2 is 1.88 bits per heavy atom. The van der Waals surface area contributed by atoms with Crippen LogP contribution >= 0.6 is 0 Å². The molecule has 0 spiro atoms. The van der Waals surface area contributed by atoms with E-state index in [4.69, 9.17) is 10.8 Å². The Morgan fingerprint density at radius 3 is 2.29 bits per heavy atom. The van der Waals surface area contributed by atoms with E-state index >= 15 is 0 Å². The number of aliphatic carboxylic acids is 1. The average molecular weight is 244 g/mol. The number of carbonyl (C=O) groups excluding carboxylic acids is 1. The van der Waals surface area contributed by atoms with Crippen molar-refractivity contribution in [3.8, 4) is 0 Å². The van der Waals surface area contributed by atoms with Gasteiger partial charge in [0, 0.05) is 6.54 Å².